The highest BCUT2D eigenvalue weighted by Gasteiger charge is 2.71. The second-order valence-corrected chi connectivity index (χ2v) is 24.5. The Morgan fingerprint density at radius 3 is 1.43 bits per heavy atom. The van der Waals surface area contributed by atoms with E-state index < -0.39 is 30.9 Å². The van der Waals surface area contributed by atoms with Crippen LogP contribution in [0, 0.1) is 53.3 Å². The first kappa shape index (κ1) is 33.1. The first-order valence-electron chi connectivity index (χ1n) is 19.1. The van der Waals surface area contributed by atoms with Gasteiger partial charge in [-0.05, 0) is 107 Å². The van der Waals surface area contributed by atoms with E-state index in [1.807, 2.05) is 13.8 Å². The molecule has 8 saturated heterocycles. The van der Waals surface area contributed by atoms with Gasteiger partial charge in [0.2, 0.25) is 11.6 Å². The van der Waals surface area contributed by atoms with Crippen molar-refractivity contribution in [1.82, 2.24) is 0 Å². The summed E-state index contributed by atoms with van der Waals surface area (Å²) in [6.45, 7) is 21.2. The van der Waals surface area contributed by atoms with Crippen molar-refractivity contribution in [3.8, 4) is 0 Å². The van der Waals surface area contributed by atoms with Crippen molar-refractivity contribution in [3.05, 3.63) is 0 Å². The molecule has 8 nitrogen and oxygen atoms in total. The van der Waals surface area contributed by atoms with E-state index in [4.69, 9.17) is 38.5 Å². The zero-order chi connectivity index (χ0) is 32.4. The van der Waals surface area contributed by atoms with Crippen molar-refractivity contribution in [2.75, 3.05) is 0 Å². The normalized spacial score (nSPS) is 56.8. The van der Waals surface area contributed by atoms with Crippen LogP contribution in [-0.2, 0) is 38.5 Å². The maximum absolute atomic E-state index is 7.14. The molecule has 46 heavy (non-hydrogen) atoms. The monoisotopic (exact) mass is 662 g/mol. The van der Waals surface area contributed by atoms with Crippen LogP contribution in [0.5, 0.6) is 0 Å². The molecule has 9 heteroatoms. The molecule has 3 unspecified atom stereocenters. The lowest BCUT2D eigenvalue weighted by molar-refractivity contribution is -0.571. The van der Waals surface area contributed by atoms with Crippen LogP contribution in [0.25, 0.3) is 0 Å². The maximum atomic E-state index is 7.14. The molecule has 2 spiro atoms. The average molecular weight is 663 g/mol. The second-order valence-electron chi connectivity index (χ2n) is 19.0. The molecule has 0 aromatic carbocycles. The fraction of sp³-hybridized carbons (Fsp3) is 1.00. The zero-order valence-electron chi connectivity index (χ0n) is 30.0. The molecule has 10 rings (SSSR count). The molecule has 0 aromatic rings. The van der Waals surface area contributed by atoms with E-state index in [0.29, 0.717) is 53.3 Å². The number of fused-ring (bicyclic) bond motifs is 4. The van der Waals surface area contributed by atoms with Crippen LogP contribution in [0.15, 0.2) is 0 Å². The number of hydrogen-bond donors (Lipinski definition) is 0. The molecular formula is C37H62O8Si. The maximum Gasteiger partial charge on any atom is 0.201 e. The molecule has 262 valence electrons. The molecule has 0 aromatic heterocycles. The summed E-state index contributed by atoms with van der Waals surface area (Å²) in [6.07, 6.45) is 10.1. The van der Waals surface area contributed by atoms with Gasteiger partial charge in [-0.3, -0.25) is 0 Å². The summed E-state index contributed by atoms with van der Waals surface area (Å²) in [5.41, 5.74) is -1.01. The lowest BCUT2D eigenvalue weighted by Crippen LogP contribution is -2.70. The Morgan fingerprint density at radius 2 is 1.02 bits per heavy atom. The van der Waals surface area contributed by atoms with Crippen LogP contribution in [0.4, 0.5) is 0 Å². The smallest absolute Gasteiger partial charge is 0.201 e. The van der Waals surface area contributed by atoms with Crippen LogP contribution in [0.1, 0.15) is 106 Å². The quantitative estimate of drug-likeness (QED) is 0.208. The molecule has 2 saturated carbocycles. The molecule has 17 atom stereocenters. The number of hydrogen-bond acceptors (Lipinski definition) is 8. The van der Waals surface area contributed by atoms with Gasteiger partial charge < -0.3 is 18.9 Å². The fourth-order valence-electron chi connectivity index (χ4n) is 12.3. The highest BCUT2D eigenvalue weighted by atomic mass is 28.3. The third kappa shape index (κ3) is 5.02. The van der Waals surface area contributed by atoms with E-state index in [2.05, 4.69) is 47.3 Å². The topological polar surface area (TPSA) is 73.8 Å². The van der Waals surface area contributed by atoms with Crippen molar-refractivity contribution in [1.29, 1.82) is 0 Å². The van der Waals surface area contributed by atoms with E-state index in [0.717, 1.165) is 51.4 Å². The largest absolute Gasteiger partial charge is 0.346 e. The minimum Gasteiger partial charge on any atom is -0.346 e. The lowest BCUT2D eigenvalue weighted by Gasteiger charge is -2.61. The van der Waals surface area contributed by atoms with Crippen molar-refractivity contribution in [2.24, 2.45) is 53.3 Å². The third-order valence-corrected chi connectivity index (χ3v) is 16.4. The Balaban J connectivity index is 1.06. The van der Waals surface area contributed by atoms with E-state index in [1.165, 1.54) is 18.9 Å². The summed E-state index contributed by atoms with van der Waals surface area (Å²) in [5.74, 6) is 2.44. The number of rotatable bonds is 6. The Morgan fingerprint density at radius 1 is 0.587 bits per heavy atom. The Hall–Kier alpha value is -0.103. The summed E-state index contributed by atoms with van der Waals surface area (Å²) in [4.78, 5) is 25.1. The molecule has 2 aliphatic carbocycles. The number of ether oxygens (including phenoxy) is 4. The Bertz CT molecular complexity index is 1080. The van der Waals surface area contributed by atoms with Gasteiger partial charge in [0, 0.05) is 32.8 Å². The molecule has 8 heterocycles. The van der Waals surface area contributed by atoms with Crippen LogP contribution in [0.3, 0.4) is 0 Å². The van der Waals surface area contributed by atoms with Crippen LogP contribution < -0.4 is 0 Å². The first-order valence-corrected chi connectivity index (χ1v) is 22.8. The predicted octanol–water partition coefficient (Wildman–Crippen LogP) is 8.22. The molecule has 0 amide bonds. The van der Waals surface area contributed by atoms with Gasteiger partial charge in [0.1, 0.15) is 0 Å². The highest BCUT2D eigenvalue weighted by molar-refractivity contribution is 6.76. The Kier molecular flexibility index (Phi) is 8.05. The van der Waals surface area contributed by atoms with Gasteiger partial charge in [0.15, 0.2) is 23.8 Å². The molecule has 8 aliphatic heterocycles. The van der Waals surface area contributed by atoms with Crippen molar-refractivity contribution in [2.45, 2.75) is 179 Å². The third-order valence-electron chi connectivity index (χ3n) is 14.6. The molecule has 0 N–H and O–H groups in total. The minimum absolute atomic E-state index is 0.119. The van der Waals surface area contributed by atoms with Crippen molar-refractivity contribution < 1.29 is 38.5 Å². The molecular weight excluding hydrogens is 600 g/mol. The molecule has 10 aliphatic rings. The van der Waals surface area contributed by atoms with Gasteiger partial charge >= 0.3 is 0 Å². The van der Waals surface area contributed by atoms with Gasteiger partial charge in [-0.25, -0.2) is 19.6 Å². The minimum atomic E-state index is -1.40. The standard InChI is InChI=1S/C37H62O8Si/c1-21-10-12-28-23(3)30(38-32-36(28)26(21)14-16-34(5,40-32)42-44-36)18-25(20-46(7,8)9)19-31-24(4)29-13-11-22(2)27-15-17-35(6)41-33(39-31)37(27,29)45-43-35/h21-33H,10-20H2,1-9H3/t21-,22+,23-,24+,25?,26+,27-,28+,29-,30?,31?,32+,33-,34-,35+,36-,37+. The SMILES string of the molecule is C[C@@H]1CC[C@H]2[C@@H](C)C(CC(CC3O[C@@H]4O[C@]5(C)CC[C@@H]6[C@@H](C)CC[C@H]([C@@H]3C)[C@]46OO5)C[Si](C)(C)C)O[C@H]3O[C@@]4(C)CC[C@@H]1[C@]32OO4. The highest BCUT2D eigenvalue weighted by Crippen LogP contribution is 2.63. The lowest BCUT2D eigenvalue weighted by atomic mass is 9.56. The van der Waals surface area contributed by atoms with Crippen LogP contribution in [0.2, 0.25) is 25.7 Å². The predicted molar refractivity (Wildman–Crippen MR) is 175 cm³/mol. The molecule has 10 fully saturated rings. The van der Waals surface area contributed by atoms with Crippen LogP contribution in [-0.4, -0.2) is 55.6 Å². The van der Waals surface area contributed by atoms with E-state index in [9.17, 15) is 0 Å². The molecule has 4 bridgehead atoms. The Labute approximate surface area is 278 Å². The van der Waals surface area contributed by atoms with Crippen LogP contribution >= 0.6 is 0 Å². The summed E-state index contributed by atoms with van der Waals surface area (Å²) in [6, 6.07) is 1.25. The van der Waals surface area contributed by atoms with Gasteiger partial charge in [-0.15, -0.1) is 0 Å². The van der Waals surface area contributed by atoms with Gasteiger partial charge in [0.05, 0.1) is 12.2 Å². The van der Waals surface area contributed by atoms with Gasteiger partial charge in [-0.2, -0.15) is 0 Å². The van der Waals surface area contributed by atoms with E-state index >= 15 is 0 Å². The summed E-state index contributed by atoms with van der Waals surface area (Å²) < 4.78 is 27.8. The van der Waals surface area contributed by atoms with E-state index in [-0.39, 0.29) is 24.8 Å². The van der Waals surface area contributed by atoms with Gasteiger partial charge in [-0.1, -0.05) is 53.4 Å². The molecule has 0 radical (unpaired) electrons. The fourth-order valence-corrected chi connectivity index (χ4v) is 14.3. The zero-order valence-corrected chi connectivity index (χ0v) is 31.0. The van der Waals surface area contributed by atoms with Crippen molar-refractivity contribution in [3.63, 3.8) is 0 Å². The summed E-state index contributed by atoms with van der Waals surface area (Å²) >= 11 is 0. The summed E-state index contributed by atoms with van der Waals surface area (Å²) in [5, 5.41) is 0. The summed E-state index contributed by atoms with van der Waals surface area (Å²) in [7, 11) is -1.40. The average Bonchev–Trinajstić information content (AvgIpc) is 3.35. The second kappa shape index (κ2) is 11.2. The van der Waals surface area contributed by atoms with E-state index in [1.54, 1.807) is 0 Å². The first-order chi connectivity index (χ1) is 21.7. The van der Waals surface area contributed by atoms with Crippen molar-refractivity contribution >= 4 is 8.07 Å². The van der Waals surface area contributed by atoms with Gasteiger partial charge in [0.25, 0.3) is 0 Å².